The summed E-state index contributed by atoms with van der Waals surface area (Å²) in [7, 11) is 1.78. The molecule has 0 saturated carbocycles. The fraction of sp³-hybridized carbons (Fsp3) is 0.263. The molecular weight excluding hydrogens is 298 g/mol. The van der Waals surface area contributed by atoms with Gasteiger partial charge in [-0.1, -0.05) is 24.3 Å². The first kappa shape index (κ1) is 16.1. The molecule has 3 N–H and O–H groups in total. The standard InChI is InChI=1S/C19H23N5/c1-14-16(17-8-3-4-9-18(17)24-14)10-12-22-19(20-2)23-13-15-7-5-6-11-21-15/h3-9,11,24H,10,12-13H2,1-2H3,(H2,20,22,23). The first-order valence-electron chi connectivity index (χ1n) is 8.18. The lowest BCUT2D eigenvalue weighted by atomic mass is 10.1. The zero-order valence-corrected chi connectivity index (χ0v) is 14.1. The van der Waals surface area contributed by atoms with Crippen LogP contribution in [-0.2, 0) is 13.0 Å². The third-order valence-electron chi connectivity index (χ3n) is 4.08. The van der Waals surface area contributed by atoms with Crippen LogP contribution in [0.5, 0.6) is 0 Å². The van der Waals surface area contributed by atoms with Gasteiger partial charge in [0, 0.05) is 36.4 Å². The number of H-pyrrole nitrogens is 1. The summed E-state index contributed by atoms with van der Waals surface area (Å²) in [6, 6.07) is 14.3. The van der Waals surface area contributed by atoms with Crippen LogP contribution >= 0.6 is 0 Å². The topological polar surface area (TPSA) is 65.1 Å². The molecule has 0 bridgehead atoms. The highest BCUT2D eigenvalue weighted by atomic mass is 15.2. The third kappa shape index (κ3) is 3.74. The molecule has 5 heteroatoms. The first-order chi connectivity index (χ1) is 11.8. The van der Waals surface area contributed by atoms with Crippen molar-refractivity contribution in [2.45, 2.75) is 19.9 Å². The SMILES string of the molecule is CN=C(NCCc1c(C)[nH]c2ccccc12)NCc1ccccn1. The summed E-state index contributed by atoms with van der Waals surface area (Å²) in [6.45, 7) is 3.61. The molecule has 0 aliphatic rings. The Bertz CT molecular complexity index is 820. The van der Waals surface area contributed by atoms with Crippen LogP contribution in [0.2, 0.25) is 0 Å². The van der Waals surface area contributed by atoms with Crippen LogP contribution in [0.3, 0.4) is 0 Å². The van der Waals surface area contributed by atoms with E-state index in [0.717, 1.165) is 24.6 Å². The number of nitrogens with one attached hydrogen (secondary N) is 3. The molecule has 2 heterocycles. The van der Waals surface area contributed by atoms with E-state index in [0.29, 0.717) is 6.54 Å². The van der Waals surface area contributed by atoms with Crippen molar-refractivity contribution in [3.63, 3.8) is 0 Å². The quantitative estimate of drug-likeness (QED) is 0.500. The molecule has 0 fully saturated rings. The molecular formula is C19H23N5. The Balaban J connectivity index is 1.55. The van der Waals surface area contributed by atoms with Gasteiger partial charge in [-0.25, -0.2) is 0 Å². The van der Waals surface area contributed by atoms with Gasteiger partial charge in [-0.3, -0.25) is 9.98 Å². The maximum Gasteiger partial charge on any atom is 0.191 e. The van der Waals surface area contributed by atoms with Crippen LogP contribution in [0, 0.1) is 6.92 Å². The number of aromatic nitrogens is 2. The molecule has 0 unspecified atom stereocenters. The summed E-state index contributed by atoms with van der Waals surface area (Å²) in [6.07, 6.45) is 2.74. The Morgan fingerprint density at radius 2 is 1.96 bits per heavy atom. The summed E-state index contributed by atoms with van der Waals surface area (Å²) in [5.74, 6) is 0.790. The van der Waals surface area contributed by atoms with Crippen molar-refractivity contribution in [2.24, 2.45) is 4.99 Å². The normalized spacial score (nSPS) is 11.7. The van der Waals surface area contributed by atoms with Gasteiger partial charge in [0.2, 0.25) is 0 Å². The zero-order chi connectivity index (χ0) is 16.8. The number of aromatic amines is 1. The molecule has 2 aromatic heterocycles. The highest BCUT2D eigenvalue weighted by Gasteiger charge is 2.07. The van der Waals surface area contributed by atoms with E-state index in [9.17, 15) is 0 Å². The fourth-order valence-corrected chi connectivity index (χ4v) is 2.86. The van der Waals surface area contributed by atoms with E-state index in [1.165, 1.54) is 22.2 Å². The van der Waals surface area contributed by atoms with Gasteiger partial charge in [0.1, 0.15) is 0 Å². The van der Waals surface area contributed by atoms with Gasteiger partial charge in [-0.05, 0) is 37.1 Å². The first-order valence-corrected chi connectivity index (χ1v) is 8.18. The Hall–Kier alpha value is -2.82. The predicted molar refractivity (Wildman–Crippen MR) is 99.2 cm³/mol. The molecule has 1 aromatic carbocycles. The summed E-state index contributed by atoms with van der Waals surface area (Å²) in [4.78, 5) is 12.0. The van der Waals surface area contributed by atoms with E-state index in [1.54, 1.807) is 13.2 Å². The fourth-order valence-electron chi connectivity index (χ4n) is 2.86. The number of benzene rings is 1. The maximum absolute atomic E-state index is 4.30. The van der Waals surface area contributed by atoms with E-state index in [2.05, 4.69) is 56.8 Å². The van der Waals surface area contributed by atoms with E-state index >= 15 is 0 Å². The van der Waals surface area contributed by atoms with Crippen molar-refractivity contribution in [1.82, 2.24) is 20.6 Å². The Kier molecular flexibility index (Phi) is 5.11. The monoisotopic (exact) mass is 321 g/mol. The number of nitrogens with zero attached hydrogens (tertiary/aromatic N) is 2. The highest BCUT2D eigenvalue weighted by Crippen LogP contribution is 2.21. The largest absolute Gasteiger partial charge is 0.358 e. The summed E-state index contributed by atoms with van der Waals surface area (Å²) < 4.78 is 0. The van der Waals surface area contributed by atoms with E-state index in [-0.39, 0.29) is 0 Å². The predicted octanol–water partition coefficient (Wildman–Crippen LogP) is 2.78. The number of aliphatic imine (C=N–C) groups is 1. The number of aryl methyl sites for hydroxylation is 1. The highest BCUT2D eigenvalue weighted by molar-refractivity contribution is 5.84. The van der Waals surface area contributed by atoms with Gasteiger partial charge in [0.15, 0.2) is 5.96 Å². The molecule has 0 radical (unpaired) electrons. The van der Waals surface area contributed by atoms with E-state index in [4.69, 9.17) is 0 Å². The minimum atomic E-state index is 0.659. The number of pyridine rings is 1. The number of guanidine groups is 1. The second-order valence-electron chi connectivity index (χ2n) is 5.70. The number of hydrogen-bond donors (Lipinski definition) is 3. The van der Waals surface area contributed by atoms with Gasteiger partial charge in [-0.15, -0.1) is 0 Å². The van der Waals surface area contributed by atoms with Crippen molar-refractivity contribution < 1.29 is 0 Å². The Labute approximate surface area is 142 Å². The van der Waals surface area contributed by atoms with Gasteiger partial charge in [0.05, 0.1) is 12.2 Å². The van der Waals surface area contributed by atoms with Gasteiger partial charge in [0.25, 0.3) is 0 Å². The second kappa shape index (κ2) is 7.64. The molecule has 0 atom stereocenters. The lowest BCUT2D eigenvalue weighted by Gasteiger charge is -2.11. The number of hydrogen-bond acceptors (Lipinski definition) is 2. The van der Waals surface area contributed by atoms with Crippen LogP contribution in [0.25, 0.3) is 10.9 Å². The molecule has 0 amide bonds. The smallest absolute Gasteiger partial charge is 0.191 e. The lowest BCUT2D eigenvalue weighted by molar-refractivity contribution is 0.783. The number of para-hydroxylation sites is 1. The third-order valence-corrected chi connectivity index (χ3v) is 4.08. The summed E-state index contributed by atoms with van der Waals surface area (Å²) >= 11 is 0. The molecule has 124 valence electrons. The molecule has 5 nitrogen and oxygen atoms in total. The van der Waals surface area contributed by atoms with Crippen LogP contribution in [0.1, 0.15) is 17.0 Å². The Morgan fingerprint density at radius 1 is 1.12 bits per heavy atom. The molecule has 3 rings (SSSR count). The van der Waals surface area contributed by atoms with Crippen molar-refractivity contribution in [1.29, 1.82) is 0 Å². The average molecular weight is 321 g/mol. The number of fused-ring (bicyclic) bond motifs is 1. The van der Waals surface area contributed by atoms with Crippen LogP contribution in [-0.4, -0.2) is 29.5 Å². The molecule has 0 spiro atoms. The van der Waals surface area contributed by atoms with E-state index < -0.39 is 0 Å². The lowest BCUT2D eigenvalue weighted by Crippen LogP contribution is -2.38. The molecule has 3 aromatic rings. The van der Waals surface area contributed by atoms with E-state index in [1.807, 2.05) is 18.2 Å². The van der Waals surface area contributed by atoms with Crippen LogP contribution in [0.15, 0.2) is 53.7 Å². The molecule has 24 heavy (non-hydrogen) atoms. The zero-order valence-electron chi connectivity index (χ0n) is 14.1. The minimum absolute atomic E-state index is 0.659. The molecule has 0 aliphatic heterocycles. The number of rotatable bonds is 5. The van der Waals surface area contributed by atoms with Gasteiger partial charge in [-0.2, -0.15) is 0 Å². The van der Waals surface area contributed by atoms with Crippen molar-refractivity contribution in [2.75, 3.05) is 13.6 Å². The summed E-state index contributed by atoms with van der Waals surface area (Å²) in [5, 5.41) is 7.95. The molecule has 0 saturated heterocycles. The van der Waals surface area contributed by atoms with Crippen LogP contribution in [0.4, 0.5) is 0 Å². The van der Waals surface area contributed by atoms with Crippen molar-refractivity contribution in [3.8, 4) is 0 Å². The maximum atomic E-state index is 4.30. The minimum Gasteiger partial charge on any atom is -0.358 e. The Morgan fingerprint density at radius 3 is 2.75 bits per heavy atom. The van der Waals surface area contributed by atoms with Crippen molar-refractivity contribution in [3.05, 3.63) is 65.6 Å². The van der Waals surface area contributed by atoms with Crippen molar-refractivity contribution >= 4 is 16.9 Å². The second-order valence-corrected chi connectivity index (χ2v) is 5.70. The summed E-state index contributed by atoms with van der Waals surface area (Å²) in [5.41, 5.74) is 4.78. The van der Waals surface area contributed by atoms with Gasteiger partial charge >= 0.3 is 0 Å². The average Bonchev–Trinajstić information content (AvgIpc) is 2.94. The molecule has 0 aliphatic carbocycles. The van der Waals surface area contributed by atoms with Gasteiger partial charge < -0.3 is 15.6 Å². The van der Waals surface area contributed by atoms with Crippen LogP contribution < -0.4 is 10.6 Å².